The lowest BCUT2D eigenvalue weighted by Crippen LogP contribution is -2.21. The average Bonchev–Trinajstić information content (AvgIpc) is 2.56. The van der Waals surface area contributed by atoms with Crippen molar-refractivity contribution in [1.82, 2.24) is 0 Å². The molecule has 140 valence electrons. The minimum absolute atomic E-state index is 0.163. The third-order valence-corrected chi connectivity index (χ3v) is 5.72. The van der Waals surface area contributed by atoms with Crippen LogP contribution >= 0.6 is 8.20 Å². The van der Waals surface area contributed by atoms with Crippen molar-refractivity contribution in [2.75, 3.05) is 6.61 Å². The van der Waals surface area contributed by atoms with E-state index >= 15 is 0 Å². The first-order valence-corrected chi connectivity index (χ1v) is 10.4. The normalized spacial score (nSPS) is 11.7. The molecule has 2 nitrogen and oxygen atoms in total. The number of hydrogen-bond acceptors (Lipinski definition) is 2. The molecule has 0 aliphatic rings. The molecular formula is C23H30O2P-. The molecule has 3 heteroatoms. The Labute approximate surface area is 160 Å². The summed E-state index contributed by atoms with van der Waals surface area (Å²) >= 11 is 0. The minimum atomic E-state index is 0.163. The van der Waals surface area contributed by atoms with E-state index in [4.69, 9.17) is 4.74 Å². The highest BCUT2D eigenvalue weighted by Gasteiger charge is 2.05. The van der Waals surface area contributed by atoms with Crippen LogP contribution in [0.3, 0.4) is 0 Å². The summed E-state index contributed by atoms with van der Waals surface area (Å²) in [6.45, 7) is 11.1. The predicted octanol–water partition coefficient (Wildman–Crippen LogP) is 4.99. The highest BCUT2D eigenvalue weighted by Crippen LogP contribution is 2.21. The highest BCUT2D eigenvalue weighted by atomic mass is 31.1. The maximum atomic E-state index is 12.8. The van der Waals surface area contributed by atoms with Crippen LogP contribution in [0.4, 0.5) is 0 Å². The molecule has 0 aromatic heterocycles. The fraction of sp³-hybridized carbons (Fsp3) is 0.435. The van der Waals surface area contributed by atoms with Crippen LogP contribution < -0.4 is 15.1 Å². The van der Waals surface area contributed by atoms with E-state index in [2.05, 4.69) is 32.9 Å². The van der Waals surface area contributed by atoms with Crippen molar-refractivity contribution in [3.8, 4) is 5.75 Å². The van der Waals surface area contributed by atoms with Crippen LogP contribution in [-0.4, -0.2) is 12.1 Å². The van der Waals surface area contributed by atoms with Gasteiger partial charge in [-0.25, -0.2) is 0 Å². The summed E-state index contributed by atoms with van der Waals surface area (Å²) < 4.78 is 5.84. The van der Waals surface area contributed by atoms with Crippen LogP contribution in [0.5, 0.6) is 5.75 Å². The Morgan fingerprint density at radius 1 is 0.923 bits per heavy atom. The zero-order valence-corrected chi connectivity index (χ0v) is 17.6. The topological polar surface area (TPSA) is 32.3 Å². The lowest BCUT2D eigenvalue weighted by molar-refractivity contribution is -0.207. The summed E-state index contributed by atoms with van der Waals surface area (Å²) in [7, 11) is 0.727. The lowest BCUT2D eigenvalue weighted by Gasteiger charge is -2.19. The third kappa shape index (κ3) is 5.69. The zero-order valence-electron chi connectivity index (χ0n) is 16.7. The zero-order chi connectivity index (χ0) is 19.1. The molecule has 2 aromatic carbocycles. The molecule has 2 aromatic rings. The van der Waals surface area contributed by atoms with E-state index in [1.807, 2.05) is 32.0 Å². The van der Waals surface area contributed by atoms with Gasteiger partial charge in [-0.3, -0.25) is 0 Å². The van der Waals surface area contributed by atoms with Crippen LogP contribution in [-0.2, 0) is 0 Å². The SMILES string of the molecule is CCCCCCOc1ccc(P=C([O-])c2c(C)cc(C)cc2C)c(C)c1. The number of hydrogen-bond donors (Lipinski definition) is 0. The van der Waals surface area contributed by atoms with E-state index < -0.39 is 0 Å². The fourth-order valence-electron chi connectivity index (χ4n) is 3.24. The van der Waals surface area contributed by atoms with E-state index in [1.54, 1.807) is 0 Å². The van der Waals surface area contributed by atoms with Crippen LogP contribution in [0.1, 0.15) is 60.4 Å². The first-order chi connectivity index (χ1) is 12.4. The standard InChI is InChI=1S/C23H31O2P/c1-6-7-8-9-12-25-20-10-11-21(17(3)15-20)26-23(24)22-18(4)13-16(2)14-19(22)5/h10-11,13-15,24H,6-9,12H2,1-5H3/p-1. The quantitative estimate of drug-likeness (QED) is 0.485. The number of unbranched alkanes of at least 4 members (excludes halogenated alkanes) is 3. The van der Waals surface area contributed by atoms with Crippen molar-refractivity contribution in [2.45, 2.75) is 60.3 Å². The molecule has 0 heterocycles. The minimum Gasteiger partial charge on any atom is -0.823 e. The van der Waals surface area contributed by atoms with Gasteiger partial charge in [0.15, 0.2) is 0 Å². The predicted molar refractivity (Wildman–Crippen MR) is 112 cm³/mol. The third-order valence-electron chi connectivity index (χ3n) is 4.55. The molecule has 2 rings (SSSR count). The van der Waals surface area contributed by atoms with Gasteiger partial charge in [0.25, 0.3) is 0 Å². The van der Waals surface area contributed by atoms with Crippen LogP contribution in [0, 0.1) is 27.7 Å². The molecular weight excluding hydrogens is 339 g/mol. The second-order valence-corrected chi connectivity index (χ2v) is 8.16. The number of aryl methyl sites for hydroxylation is 4. The van der Waals surface area contributed by atoms with Gasteiger partial charge in [0, 0.05) is 5.30 Å². The summed E-state index contributed by atoms with van der Waals surface area (Å²) in [6, 6.07) is 10.2. The Morgan fingerprint density at radius 3 is 2.23 bits per heavy atom. The molecule has 26 heavy (non-hydrogen) atoms. The average molecular weight is 369 g/mol. The molecule has 0 amide bonds. The molecule has 0 atom stereocenters. The van der Waals surface area contributed by atoms with Gasteiger partial charge in [0.05, 0.1) is 6.61 Å². The van der Waals surface area contributed by atoms with E-state index in [0.29, 0.717) is 0 Å². The highest BCUT2D eigenvalue weighted by molar-refractivity contribution is 7.49. The van der Waals surface area contributed by atoms with Gasteiger partial charge in [-0.2, -0.15) is 0 Å². The second kappa shape index (κ2) is 9.90. The fourth-order valence-corrected chi connectivity index (χ4v) is 4.32. The second-order valence-electron chi connectivity index (χ2n) is 7.05. The van der Waals surface area contributed by atoms with E-state index in [9.17, 15) is 5.11 Å². The van der Waals surface area contributed by atoms with Gasteiger partial charge in [0.2, 0.25) is 0 Å². The van der Waals surface area contributed by atoms with Crippen molar-refractivity contribution in [3.63, 3.8) is 0 Å². The van der Waals surface area contributed by atoms with Crippen molar-refractivity contribution in [2.24, 2.45) is 0 Å². The summed E-state index contributed by atoms with van der Waals surface area (Å²) in [6.07, 6.45) is 4.81. The number of benzene rings is 2. The van der Waals surface area contributed by atoms with E-state index in [1.165, 1.54) is 24.8 Å². The van der Waals surface area contributed by atoms with Gasteiger partial charge in [-0.15, -0.1) is 5.48 Å². The molecule has 0 saturated carbocycles. The summed E-state index contributed by atoms with van der Waals surface area (Å²) in [4.78, 5) is 0. The van der Waals surface area contributed by atoms with Gasteiger partial charge >= 0.3 is 0 Å². The Balaban J connectivity index is 2.13. The van der Waals surface area contributed by atoms with Crippen LogP contribution in [0.2, 0.25) is 0 Å². The first kappa shape index (κ1) is 20.7. The largest absolute Gasteiger partial charge is 0.823 e. The monoisotopic (exact) mass is 369 g/mol. The molecule has 0 aliphatic carbocycles. The van der Waals surface area contributed by atoms with Gasteiger partial charge in [0.1, 0.15) is 5.75 Å². The molecule has 0 spiro atoms. The van der Waals surface area contributed by atoms with Gasteiger partial charge in [-0.05, 0) is 74.6 Å². The molecule has 0 unspecified atom stereocenters. The van der Waals surface area contributed by atoms with E-state index in [-0.39, 0.29) is 5.48 Å². The molecule has 0 bridgehead atoms. The smallest absolute Gasteiger partial charge is 0.119 e. The maximum Gasteiger partial charge on any atom is 0.119 e. The molecule has 0 fully saturated rings. The summed E-state index contributed by atoms with van der Waals surface area (Å²) in [5, 5.41) is 13.9. The van der Waals surface area contributed by atoms with E-state index in [0.717, 1.165) is 54.5 Å². The van der Waals surface area contributed by atoms with Crippen molar-refractivity contribution in [3.05, 3.63) is 58.1 Å². The molecule has 0 radical (unpaired) electrons. The lowest BCUT2D eigenvalue weighted by atomic mass is 10.0. The summed E-state index contributed by atoms with van der Waals surface area (Å²) in [5.41, 5.74) is 5.44. The Hall–Kier alpha value is -1.63. The number of rotatable bonds is 8. The van der Waals surface area contributed by atoms with Crippen molar-refractivity contribution in [1.29, 1.82) is 0 Å². The molecule has 0 N–H and O–H groups in total. The Kier molecular flexibility index (Phi) is 7.87. The van der Waals surface area contributed by atoms with Crippen LogP contribution in [0.25, 0.3) is 0 Å². The molecule has 0 saturated heterocycles. The molecule has 0 aliphatic heterocycles. The maximum absolute atomic E-state index is 12.8. The summed E-state index contributed by atoms with van der Waals surface area (Å²) in [5.74, 6) is 0.896. The number of ether oxygens (including phenoxy) is 1. The first-order valence-electron chi connectivity index (χ1n) is 9.49. The van der Waals surface area contributed by atoms with Gasteiger partial charge in [-0.1, -0.05) is 52.1 Å². The van der Waals surface area contributed by atoms with Crippen LogP contribution in [0.15, 0.2) is 30.3 Å². The Bertz CT molecular complexity index is 755. The van der Waals surface area contributed by atoms with Gasteiger partial charge < -0.3 is 9.84 Å². The van der Waals surface area contributed by atoms with Crippen molar-refractivity contribution < 1.29 is 9.84 Å². The Morgan fingerprint density at radius 2 is 1.62 bits per heavy atom. The van der Waals surface area contributed by atoms with Crippen molar-refractivity contribution >= 4 is 19.0 Å².